The summed E-state index contributed by atoms with van der Waals surface area (Å²) in [6, 6.07) is 14.3. The molecule has 0 fully saturated rings. The zero-order valence-corrected chi connectivity index (χ0v) is 15.9. The maximum atomic E-state index is 12.1. The van der Waals surface area contributed by atoms with Crippen molar-refractivity contribution in [2.45, 2.75) is 6.92 Å². The molecular formula is C17H16IN3O2S. The number of halogens is 1. The molecule has 2 N–H and O–H groups in total. The molecule has 0 saturated heterocycles. The highest BCUT2D eigenvalue weighted by molar-refractivity contribution is 14.1. The smallest absolute Gasteiger partial charge is 0.344 e. The van der Waals surface area contributed by atoms with Gasteiger partial charge in [0.25, 0.3) is 0 Å². The lowest BCUT2D eigenvalue weighted by atomic mass is 10.2. The number of ether oxygens (including phenoxy) is 1. The molecular weight excluding hydrogens is 437 g/mol. The van der Waals surface area contributed by atoms with Crippen molar-refractivity contribution < 1.29 is 9.53 Å². The Kier molecular flexibility index (Phi) is 7.13. The van der Waals surface area contributed by atoms with Gasteiger partial charge in [-0.15, -0.1) is 0 Å². The molecule has 7 heteroatoms. The molecule has 0 atom stereocenters. The Balaban J connectivity index is 1.95. The molecule has 0 radical (unpaired) electrons. The Morgan fingerprint density at radius 3 is 2.62 bits per heavy atom. The van der Waals surface area contributed by atoms with Crippen LogP contribution in [-0.4, -0.2) is 23.8 Å². The molecule has 0 aliphatic heterocycles. The third-order valence-corrected chi connectivity index (χ3v) is 4.08. The van der Waals surface area contributed by atoms with E-state index in [0.29, 0.717) is 16.4 Å². The number of nitrogens with one attached hydrogen (secondary N) is 2. The number of hydrogen-bond donors (Lipinski definition) is 2. The zero-order chi connectivity index (χ0) is 17.4. The molecule has 2 aromatic carbocycles. The Bertz CT molecular complexity index is 748. The first-order valence-electron chi connectivity index (χ1n) is 7.24. The van der Waals surface area contributed by atoms with Crippen LogP contribution in [0.1, 0.15) is 22.8 Å². The third-order valence-electron chi connectivity index (χ3n) is 2.90. The fourth-order valence-electron chi connectivity index (χ4n) is 1.78. The lowest BCUT2D eigenvalue weighted by molar-refractivity contribution is 0.0733. The van der Waals surface area contributed by atoms with Crippen LogP contribution in [0.25, 0.3) is 0 Å². The van der Waals surface area contributed by atoms with Gasteiger partial charge in [0.2, 0.25) is 0 Å². The van der Waals surface area contributed by atoms with Gasteiger partial charge in [-0.3, -0.25) is 5.43 Å². The number of thiocarbonyl (C=S) groups is 1. The van der Waals surface area contributed by atoms with Gasteiger partial charge in [-0.05, 0) is 83.7 Å². The average molecular weight is 453 g/mol. The van der Waals surface area contributed by atoms with E-state index < -0.39 is 0 Å². The van der Waals surface area contributed by atoms with Gasteiger partial charge in [0.1, 0.15) is 5.75 Å². The van der Waals surface area contributed by atoms with Gasteiger partial charge in [0, 0.05) is 10.1 Å². The Labute approximate surface area is 159 Å². The maximum Gasteiger partial charge on any atom is 0.344 e. The number of carbonyl (C=O) groups excluding carboxylic acids is 1. The molecule has 0 saturated carbocycles. The van der Waals surface area contributed by atoms with Gasteiger partial charge in [-0.25, -0.2) is 4.79 Å². The van der Waals surface area contributed by atoms with E-state index >= 15 is 0 Å². The SMILES string of the molecule is CCNC(=S)N/N=C\c1ccc(OC(=O)c2ccccc2I)cc1. The van der Waals surface area contributed by atoms with Crippen molar-refractivity contribution in [1.29, 1.82) is 0 Å². The van der Waals surface area contributed by atoms with E-state index in [-0.39, 0.29) is 5.97 Å². The van der Waals surface area contributed by atoms with E-state index in [9.17, 15) is 4.79 Å². The van der Waals surface area contributed by atoms with E-state index in [1.54, 1.807) is 36.5 Å². The number of nitrogens with zero attached hydrogens (tertiary/aromatic N) is 1. The van der Waals surface area contributed by atoms with Crippen LogP contribution in [0, 0.1) is 3.57 Å². The third kappa shape index (κ3) is 5.57. The normalized spacial score (nSPS) is 10.4. The molecule has 2 aromatic rings. The van der Waals surface area contributed by atoms with Crippen LogP contribution in [0.15, 0.2) is 53.6 Å². The summed E-state index contributed by atoms with van der Waals surface area (Å²) in [5.41, 5.74) is 4.11. The topological polar surface area (TPSA) is 62.7 Å². The lowest BCUT2D eigenvalue weighted by Crippen LogP contribution is -2.31. The van der Waals surface area contributed by atoms with Gasteiger partial charge < -0.3 is 10.1 Å². The molecule has 0 amide bonds. The van der Waals surface area contributed by atoms with Crippen LogP contribution < -0.4 is 15.5 Å². The van der Waals surface area contributed by atoms with Crippen molar-refractivity contribution in [3.05, 3.63) is 63.2 Å². The van der Waals surface area contributed by atoms with Crippen molar-refractivity contribution in [3.8, 4) is 5.75 Å². The second kappa shape index (κ2) is 9.33. The van der Waals surface area contributed by atoms with Gasteiger partial charge in [0.15, 0.2) is 5.11 Å². The van der Waals surface area contributed by atoms with E-state index in [1.165, 1.54) is 0 Å². The molecule has 0 aliphatic rings. The molecule has 124 valence electrons. The molecule has 0 aromatic heterocycles. The van der Waals surface area contributed by atoms with Crippen molar-refractivity contribution in [1.82, 2.24) is 10.7 Å². The van der Waals surface area contributed by atoms with Crippen molar-refractivity contribution in [3.63, 3.8) is 0 Å². The molecule has 24 heavy (non-hydrogen) atoms. The van der Waals surface area contributed by atoms with Crippen LogP contribution in [0.5, 0.6) is 5.75 Å². The summed E-state index contributed by atoms with van der Waals surface area (Å²) >= 11 is 7.11. The number of esters is 1. The summed E-state index contributed by atoms with van der Waals surface area (Å²) in [5, 5.41) is 7.42. The number of rotatable bonds is 5. The van der Waals surface area contributed by atoms with Gasteiger partial charge in [0.05, 0.1) is 11.8 Å². The summed E-state index contributed by atoms with van der Waals surface area (Å²) in [7, 11) is 0. The van der Waals surface area contributed by atoms with Gasteiger partial charge in [-0.2, -0.15) is 5.10 Å². The maximum absolute atomic E-state index is 12.1. The summed E-state index contributed by atoms with van der Waals surface area (Å²) in [5.74, 6) is 0.104. The van der Waals surface area contributed by atoms with E-state index in [0.717, 1.165) is 15.7 Å². The fourth-order valence-corrected chi connectivity index (χ4v) is 2.58. The molecule has 0 bridgehead atoms. The largest absolute Gasteiger partial charge is 0.423 e. The minimum Gasteiger partial charge on any atom is -0.423 e. The minimum absolute atomic E-state index is 0.376. The summed E-state index contributed by atoms with van der Waals surface area (Å²) in [6.07, 6.45) is 1.63. The predicted octanol–water partition coefficient (Wildman–Crippen LogP) is 3.33. The molecule has 0 heterocycles. The number of benzene rings is 2. The second-order valence-corrected chi connectivity index (χ2v) is 6.24. The average Bonchev–Trinajstić information content (AvgIpc) is 2.57. The van der Waals surface area contributed by atoms with Gasteiger partial charge >= 0.3 is 5.97 Å². The van der Waals surface area contributed by atoms with Crippen LogP contribution >= 0.6 is 34.8 Å². The second-order valence-electron chi connectivity index (χ2n) is 4.67. The van der Waals surface area contributed by atoms with E-state index in [4.69, 9.17) is 17.0 Å². The Hall–Kier alpha value is -2.00. The van der Waals surface area contributed by atoms with Crippen LogP contribution in [0.4, 0.5) is 0 Å². The highest BCUT2D eigenvalue weighted by atomic mass is 127. The Morgan fingerprint density at radius 2 is 1.96 bits per heavy atom. The number of carbonyl (C=O) groups is 1. The first-order chi connectivity index (χ1) is 11.6. The summed E-state index contributed by atoms with van der Waals surface area (Å²) in [6.45, 7) is 2.69. The fraction of sp³-hybridized carbons (Fsp3) is 0.118. The molecule has 5 nitrogen and oxygen atoms in total. The molecule has 0 spiro atoms. The Morgan fingerprint density at radius 1 is 1.25 bits per heavy atom. The zero-order valence-electron chi connectivity index (χ0n) is 13.0. The number of hydrazone groups is 1. The first kappa shape index (κ1) is 18.3. The minimum atomic E-state index is -0.376. The van der Waals surface area contributed by atoms with E-state index in [2.05, 4.69) is 38.4 Å². The van der Waals surface area contributed by atoms with Crippen LogP contribution in [-0.2, 0) is 0 Å². The quantitative estimate of drug-likeness (QED) is 0.182. The molecule has 0 unspecified atom stereocenters. The standard InChI is InChI=1S/C17H16IN3O2S/c1-2-19-17(24)21-20-11-12-7-9-13(10-8-12)23-16(22)14-5-3-4-6-15(14)18/h3-11H,2H2,1H3,(H2,19,21,24)/b20-11-. The predicted molar refractivity (Wildman–Crippen MR) is 108 cm³/mol. The van der Waals surface area contributed by atoms with Crippen molar-refractivity contribution in [2.24, 2.45) is 5.10 Å². The van der Waals surface area contributed by atoms with Crippen molar-refractivity contribution >= 4 is 52.1 Å². The van der Waals surface area contributed by atoms with Gasteiger partial charge in [-0.1, -0.05) is 12.1 Å². The van der Waals surface area contributed by atoms with Crippen molar-refractivity contribution in [2.75, 3.05) is 6.54 Å². The first-order valence-corrected chi connectivity index (χ1v) is 8.72. The highest BCUT2D eigenvalue weighted by Crippen LogP contribution is 2.17. The van der Waals surface area contributed by atoms with E-state index in [1.807, 2.05) is 25.1 Å². The highest BCUT2D eigenvalue weighted by Gasteiger charge is 2.11. The molecule has 0 aliphatic carbocycles. The van der Waals surface area contributed by atoms with Crippen LogP contribution in [0.2, 0.25) is 0 Å². The summed E-state index contributed by atoms with van der Waals surface area (Å²) in [4.78, 5) is 12.1. The summed E-state index contributed by atoms with van der Waals surface area (Å²) < 4.78 is 6.23. The lowest BCUT2D eigenvalue weighted by Gasteiger charge is -2.06. The van der Waals surface area contributed by atoms with Crippen LogP contribution in [0.3, 0.4) is 0 Å². The monoisotopic (exact) mass is 453 g/mol. The molecule has 2 rings (SSSR count). The number of hydrogen-bond acceptors (Lipinski definition) is 4.